The van der Waals surface area contributed by atoms with Gasteiger partial charge in [-0.3, -0.25) is 0 Å². The third-order valence-corrected chi connectivity index (χ3v) is 4.70. The van der Waals surface area contributed by atoms with E-state index in [-0.39, 0.29) is 0 Å². The first-order chi connectivity index (χ1) is 9.19. The molecular weight excluding hydrogens is 240 g/mol. The molecule has 2 heterocycles. The van der Waals surface area contributed by atoms with Crippen molar-refractivity contribution in [3.8, 4) is 0 Å². The van der Waals surface area contributed by atoms with Crippen LogP contribution < -0.4 is 10.6 Å². The largest absolute Gasteiger partial charge is 0.397 e. The average molecular weight is 260 g/mol. The molecule has 0 aliphatic carbocycles. The minimum atomic E-state index is 0.435. The molecule has 5 nitrogen and oxygen atoms in total. The Balaban J connectivity index is 1.98. The molecule has 2 aromatic rings. The number of nitrogen functional groups attached to an aromatic ring is 1. The Hall–Kier alpha value is -1.78. The highest BCUT2D eigenvalue weighted by Crippen LogP contribution is 2.40. The number of benzene rings is 1. The van der Waals surface area contributed by atoms with Gasteiger partial charge in [-0.25, -0.2) is 4.63 Å². The van der Waals surface area contributed by atoms with Gasteiger partial charge in [0.25, 0.3) is 0 Å². The van der Waals surface area contributed by atoms with E-state index in [4.69, 9.17) is 10.4 Å². The van der Waals surface area contributed by atoms with Gasteiger partial charge in [0.1, 0.15) is 0 Å². The van der Waals surface area contributed by atoms with Crippen molar-refractivity contribution in [2.45, 2.75) is 33.1 Å². The van der Waals surface area contributed by atoms with Crippen molar-refractivity contribution in [1.82, 2.24) is 10.3 Å². The van der Waals surface area contributed by atoms with E-state index in [1.807, 2.05) is 12.1 Å². The van der Waals surface area contributed by atoms with Gasteiger partial charge < -0.3 is 10.6 Å². The molecule has 0 atom stereocenters. The van der Waals surface area contributed by atoms with Gasteiger partial charge in [-0.2, -0.15) is 0 Å². The molecule has 3 rings (SSSR count). The summed E-state index contributed by atoms with van der Waals surface area (Å²) in [7, 11) is 0. The number of fused-ring (bicyclic) bond motifs is 1. The zero-order valence-corrected chi connectivity index (χ0v) is 11.5. The second kappa shape index (κ2) is 4.40. The highest BCUT2D eigenvalue weighted by Gasteiger charge is 2.35. The van der Waals surface area contributed by atoms with Gasteiger partial charge in [0.05, 0.1) is 11.4 Å². The molecule has 1 saturated heterocycles. The SMILES string of the molecule is CCC1(CC)CCN(c2ccc(N)c3nonc23)C1. The molecule has 0 radical (unpaired) electrons. The lowest BCUT2D eigenvalue weighted by Crippen LogP contribution is -2.26. The lowest BCUT2D eigenvalue weighted by atomic mass is 9.82. The van der Waals surface area contributed by atoms with Gasteiger partial charge in [0.2, 0.25) is 0 Å². The smallest absolute Gasteiger partial charge is 0.160 e. The number of nitrogens with two attached hydrogens (primary N) is 1. The summed E-state index contributed by atoms with van der Waals surface area (Å²) in [6.45, 7) is 6.70. The fraction of sp³-hybridized carbons (Fsp3) is 0.571. The van der Waals surface area contributed by atoms with Crippen LogP contribution in [0.5, 0.6) is 0 Å². The Morgan fingerprint density at radius 1 is 1.26 bits per heavy atom. The minimum Gasteiger partial charge on any atom is -0.397 e. The van der Waals surface area contributed by atoms with Gasteiger partial charge >= 0.3 is 0 Å². The first-order valence-corrected chi connectivity index (χ1v) is 6.95. The monoisotopic (exact) mass is 260 g/mol. The normalized spacial score (nSPS) is 18.3. The Morgan fingerprint density at radius 3 is 2.68 bits per heavy atom. The summed E-state index contributed by atoms with van der Waals surface area (Å²) in [5.41, 5.74) is 9.49. The van der Waals surface area contributed by atoms with Crippen LogP contribution >= 0.6 is 0 Å². The second-order valence-electron chi connectivity index (χ2n) is 5.51. The van der Waals surface area contributed by atoms with Crippen LogP contribution in [-0.4, -0.2) is 23.4 Å². The summed E-state index contributed by atoms with van der Waals surface area (Å²) in [5.74, 6) is 0. The molecule has 0 bridgehead atoms. The number of hydrogen-bond donors (Lipinski definition) is 1. The van der Waals surface area contributed by atoms with E-state index in [1.54, 1.807) is 0 Å². The molecule has 19 heavy (non-hydrogen) atoms. The van der Waals surface area contributed by atoms with Crippen LogP contribution in [0.1, 0.15) is 33.1 Å². The van der Waals surface area contributed by atoms with Crippen LogP contribution in [0.15, 0.2) is 16.8 Å². The van der Waals surface area contributed by atoms with Gasteiger partial charge in [0.15, 0.2) is 11.0 Å². The average Bonchev–Trinajstić information content (AvgIpc) is 3.07. The van der Waals surface area contributed by atoms with Gasteiger partial charge in [0, 0.05) is 13.1 Å². The zero-order valence-electron chi connectivity index (χ0n) is 11.5. The molecule has 5 heteroatoms. The van der Waals surface area contributed by atoms with Crippen LogP contribution in [0.2, 0.25) is 0 Å². The molecular formula is C14H20N4O. The van der Waals surface area contributed by atoms with Crippen molar-refractivity contribution in [3.63, 3.8) is 0 Å². The standard InChI is InChI=1S/C14H20N4O/c1-3-14(4-2)7-8-18(9-14)11-6-5-10(15)12-13(11)17-19-16-12/h5-6H,3-4,7-9,15H2,1-2H3. The molecule has 2 N–H and O–H groups in total. The Labute approximate surface area is 112 Å². The number of rotatable bonds is 3. The number of anilines is 2. The maximum Gasteiger partial charge on any atom is 0.160 e. The van der Waals surface area contributed by atoms with Gasteiger partial charge in [-0.05, 0) is 47.1 Å². The maximum absolute atomic E-state index is 5.89. The highest BCUT2D eigenvalue weighted by molar-refractivity contribution is 5.95. The lowest BCUT2D eigenvalue weighted by Gasteiger charge is -2.27. The summed E-state index contributed by atoms with van der Waals surface area (Å²) in [4.78, 5) is 2.39. The van der Waals surface area contributed by atoms with Gasteiger partial charge in [-0.1, -0.05) is 13.8 Å². The first-order valence-electron chi connectivity index (χ1n) is 6.95. The zero-order chi connectivity index (χ0) is 13.5. The first kappa shape index (κ1) is 12.3. The van der Waals surface area contributed by atoms with Crippen LogP contribution in [0.3, 0.4) is 0 Å². The van der Waals surface area contributed by atoms with E-state index in [2.05, 4.69) is 29.1 Å². The topological polar surface area (TPSA) is 68.2 Å². The van der Waals surface area contributed by atoms with E-state index in [0.29, 0.717) is 16.6 Å². The second-order valence-corrected chi connectivity index (χ2v) is 5.51. The minimum absolute atomic E-state index is 0.435. The predicted octanol–water partition coefficient (Wildman–Crippen LogP) is 2.82. The Kier molecular flexibility index (Phi) is 2.84. The molecule has 0 saturated carbocycles. The fourth-order valence-corrected chi connectivity index (χ4v) is 3.10. The molecule has 1 aromatic carbocycles. The molecule has 1 fully saturated rings. The van der Waals surface area contributed by atoms with Crippen LogP contribution in [0.4, 0.5) is 11.4 Å². The van der Waals surface area contributed by atoms with Crippen LogP contribution in [-0.2, 0) is 0 Å². The third kappa shape index (κ3) is 1.84. The van der Waals surface area contributed by atoms with E-state index in [1.165, 1.54) is 19.3 Å². The van der Waals surface area contributed by atoms with Crippen molar-refractivity contribution in [3.05, 3.63) is 12.1 Å². The lowest BCUT2D eigenvalue weighted by molar-refractivity contribution is 0.301. The molecule has 0 unspecified atom stereocenters. The van der Waals surface area contributed by atoms with E-state index in [9.17, 15) is 0 Å². The van der Waals surface area contributed by atoms with E-state index in [0.717, 1.165) is 24.3 Å². The summed E-state index contributed by atoms with van der Waals surface area (Å²) in [6, 6.07) is 3.92. The van der Waals surface area contributed by atoms with E-state index < -0.39 is 0 Å². The van der Waals surface area contributed by atoms with Crippen molar-refractivity contribution >= 4 is 22.4 Å². The van der Waals surface area contributed by atoms with E-state index >= 15 is 0 Å². The molecule has 0 spiro atoms. The number of hydrogen-bond acceptors (Lipinski definition) is 5. The van der Waals surface area contributed by atoms with Crippen molar-refractivity contribution in [2.75, 3.05) is 23.7 Å². The molecule has 1 aromatic heterocycles. The molecule has 0 amide bonds. The van der Waals surface area contributed by atoms with Crippen molar-refractivity contribution in [2.24, 2.45) is 5.41 Å². The quantitative estimate of drug-likeness (QED) is 0.859. The Morgan fingerprint density at radius 2 is 2.00 bits per heavy atom. The third-order valence-electron chi connectivity index (χ3n) is 4.70. The summed E-state index contributed by atoms with van der Waals surface area (Å²) in [6.07, 6.45) is 3.67. The van der Waals surface area contributed by atoms with Crippen molar-refractivity contribution < 1.29 is 4.63 Å². The molecule has 1 aliphatic rings. The fourth-order valence-electron chi connectivity index (χ4n) is 3.10. The van der Waals surface area contributed by atoms with Gasteiger partial charge in [-0.15, -0.1) is 0 Å². The molecule has 1 aliphatic heterocycles. The predicted molar refractivity (Wildman–Crippen MR) is 76.1 cm³/mol. The summed E-state index contributed by atoms with van der Waals surface area (Å²) >= 11 is 0. The summed E-state index contributed by atoms with van der Waals surface area (Å²) in [5, 5.41) is 7.90. The number of nitrogens with zero attached hydrogens (tertiary/aromatic N) is 3. The molecule has 102 valence electrons. The Bertz CT molecular complexity index is 588. The van der Waals surface area contributed by atoms with Crippen LogP contribution in [0, 0.1) is 5.41 Å². The number of aromatic nitrogens is 2. The summed E-state index contributed by atoms with van der Waals surface area (Å²) < 4.78 is 4.84. The maximum atomic E-state index is 5.89. The highest BCUT2D eigenvalue weighted by atomic mass is 16.6. The van der Waals surface area contributed by atoms with Crippen molar-refractivity contribution in [1.29, 1.82) is 0 Å². The van der Waals surface area contributed by atoms with Crippen LogP contribution in [0.25, 0.3) is 11.0 Å².